The summed E-state index contributed by atoms with van der Waals surface area (Å²) in [4.78, 5) is 1.01. The van der Waals surface area contributed by atoms with Crippen molar-refractivity contribution in [3.63, 3.8) is 0 Å². The minimum atomic E-state index is -0.302. The number of hydrogen-bond donors (Lipinski definition) is 2. The number of anilines is 2. The molecule has 3 rings (SSSR count). The minimum absolute atomic E-state index is 0.302. The van der Waals surface area contributed by atoms with Crippen molar-refractivity contribution in [3.8, 4) is 0 Å². The van der Waals surface area contributed by atoms with Crippen molar-refractivity contribution in [3.05, 3.63) is 95.6 Å². The van der Waals surface area contributed by atoms with Crippen molar-refractivity contribution in [1.82, 2.24) is 0 Å². The van der Waals surface area contributed by atoms with Crippen LogP contribution in [0, 0.1) is 11.6 Å². The number of hydrogen-bond acceptors (Lipinski definition) is 2. The van der Waals surface area contributed by atoms with Crippen molar-refractivity contribution >= 4 is 45.8 Å². The number of halogens is 2. The van der Waals surface area contributed by atoms with Gasteiger partial charge in [0.15, 0.2) is 0 Å². The van der Waals surface area contributed by atoms with Crippen LogP contribution < -0.4 is 10.6 Å². The Balaban J connectivity index is 1.62. The zero-order valence-corrected chi connectivity index (χ0v) is 15.1. The van der Waals surface area contributed by atoms with E-state index in [-0.39, 0.29) is 11.6 Å². The van der Waals surface area contributed by atoms with E-state index in [9.17, 15) is 8.78 Å². The molecule has 0 radical (unpaired) electrons. The number of benzene rings is 3. The molecule has 0 saturated carbocycles. The van der Waals surface area contributed by atoms with E-state index in [2.05, 4.69) is 10.6 Å². The van der Waals surface area contributed by atoms with Crippen LogP contribution in [0.3, 0.4) is 0 Å². The molecule has 6 heteroatoms. The molecule has 0 aromatic heterocycles. The van der Waals surface area contributed by atoms with Gasteiger partial charge in [-0.25, -0.2) is 8.78 Å². The maximum Gasteiger partial charge on any atom is 0.123 e. The van der Waals surface area contributed by atoms with Crippen LogP contribution in [0.25, 0.3) is 0 Å². The van der Waals surface area contributed by atoms with Crippen LogP contribution in [0.4, 0.5) is 20.2 Å². The molecule has 3 aromatic carbocycles. The molecule has 0 unspecified atom stereocenters. The molecule has 0 heterocycles. The summed E-state index contributed by atoms with van der Waals surface area (Å²) < 4.78 is 25.9. The molecule has 2 N–H and O–H groups in total. The van der Waals surface area contributed by atoms with Gasteiger partial charge in [-0.3, -0.25) is 0 Å². The third-order valence-electron chi connectivity index (χ3n) is 3.61. The molecule has 0 atom stereocenters. The highest BCUT2D eigenvalue weighted by atomic mass is 32.1. The van der Waals surface area contributed by atoms with Crippen LogP contribution in [0.1, 0.15) is 11.1 Å². The normalized spacial score (nSPS) is 10.2. The van der Waals surface area contributed by atoms with E-state index >= 15 is 0 Å². The van der Waals surface area contributed by atoms with Gasteiger partial charge in [-0.05, 0) is 72.8 Å². The van der Waals surface area contributed by atoms with Crippen LogP contribution in [-0.4, -0.2) is 9.98 Å². The molecule has 0 bridgehead atoms. The van der Waals surface area contributed by atoms with E-state index in [0.29, 0.717) is 9.98 Å². The highest BCUT2D eigenvalue weighted by Crippen LogP contribution is 2.17. The summed E-state index contributed by atoms with van der Waals surface area (Å²) in [7, 11) is 0. The fraction of sp³-hybridized carbons (Fsp3) is 0. The molecule has 0 aliphatic carbocycles. The van der Waals surface area contributed by atoms with E-state index in [4.69, 9.17) is 24.4 Å². The molecular weight excluding hydrogens is 370 g/mol. The highest BCUT2D eigenvalue weighted by Gasteiger charge is 2.04. The second-order valence-corrected chi connectivity index (χ2v) is 6.32. The van der Waals surface area contributed by atoms with Crippen molar-refractivity contribution in [2.45, 2.75) is 0 Å². The molecule has 0 aliphatic rings. The lowest BCUT2D eigenvalue weighted by Crippen LogP contribution is -2.12. The molecule has 0 spiro atoms. The molecule has 26 heavy (non-hydrogen) atoms. The van der Waals surface area contributed by atoms with Gasteiger partial charge in [-0.1, -0.05) is 24.4 Å². The Labute approximate surface area is 160 Å². The second-order valence-electron chi connectivity index (χ2n) is 5.50. The molecular formula is C20H14F2N2S2. The largest absolute Gasteiger partial charge is 0.346 e. The first-order valence-electron chi connectivity index (χ1n) is 7.75. The Morgan fingerprint density at radius 2 is 0.846 bits per heavy atom. The van der Waals surface area contributed by atoms with Crippen LogP contribution in [-0.2, 0) is 0 Å². The number of nitrogens with one attached hydrogen (secondary N) is 2. The zero-order chi connectivity index (χ0) is 18.5. The van der Waals surface area contributed by atoms with Gasteiger partial charge in [-0.2, -0.15) is 0 Å². The predicted octanol–water partition coefficient (Wildman–Crippen LogP) is 5.54. The van der Waals surface area contributed by atoms with Crippen LogP contribution >= 0.6 is 24.4 Å². The third kappa shape index (κ3) is 4.68. The topological polar surface area (TPSA) is 24.1 Å². The van der Waals surface area contributed by atoms with Gasteiger partial charge in [0.25, 0.3) is 0 Å². The van der Waals surface area contributed by atoms with Gasteiger partial charge in [0.2, 0.25) is 0 Å². The summed E-state index contributed by atoms with van der Waals surface area (Å²) in [6.07, 6.45) is 0. The molecule has 130 valence electrons. The van der Waals surface area contributed by atoms with E-state index in [1.165, 1.54) is 24.3 Å². The standard InChI is InChI=1S/C20H14F2N2S2/c21-15-5-1-13(2-6-15)19(25)23-17-9-11-18(12-10-17)24-20(26)14-3-7-16(22)8-4-14/h1-12H,(H,23,25)(H,24,26). The fourth-order valence-corrected chi connectivity index (χ4v) is 2.75. The van der Waals surface area contributed by atoms with Crippen molar-refractivity contribution < 1.29 is 8.78 Å². The quantitative estimate of drug-likeness (QED) is 0.577. The predicted molar refractivity (Wildman–Crippen MR) is 110 cm³/mol. The Hall–Kier alpha value is -2.70. The average Bonchev–Trinajstić information content (AvgIpc) is 2.64. The van der Waals surface area contributed by atoms with Gasteiger partial charge >= 0.3 is 0 Å². The lowest BCUT2D eigenvalue weighted by atomic mass is 10.2. The summed E-state index contributed by atoms with van der Waals surface area (Å²) >= 11 is 10.6. The first-order chi connectivity index (χ1) is 12.5. The summed E-state index contributed by atoms with van der Waals surface area (Å²) in [5.74, 6) is -0.604. The van der Waals surface area contributed by atoms with E-state index in [1.54, 1.807) is 24.3 Å². The van der Waals surface area contributed by atoms with E-state index < -0.39 is 0 Å². The average molecular weight is 384 g/mol. The molecule has 0 aliphatic heterocycles. The number of rotatable bonds is 4. The van der Waals surface area contributed by atoms with Gasteiger partial charge in [0.05, 0.1) is 0 Å². The van der Waals surface area contributed by atoms with Gasteiger partial charge in [0, 0.05) is 22.5 Å². The molecule has 2 nitrogen and oxygen atoms in total. The van der Waals surface area contributed by atoms with E-state index in [1.807, 2.05) is 24.3 Å². The zero-order valence-electron chi connectivity index (χ0n) is 13.5. The second kappa shape index (κ2) is 8.12. The van der Waals surface area contributed by atoms with E-state index in [0.717, 1.165) is 22.5 Å². The maximum absolute atomic E-state index is 13.0. The number of thiocarbonyl (C=S) groups is 2. The van der Waals surface area contributed by atoms with Crippen LogP contribution in [0.15, 0.2) is 72.8 Å². The van der Waals surface area contributed by atoms with Gasteiger partial charge < -0.3 is 10.6 Å². The molecule has 3 aromatic rings. The molecule has 0 saturated heterocycles. The van der Waals surface area contributed by atoms with Crippen molar-refractivity contribution in [2.24, 2.45) is 0 Å². The lowest BCUT2D eigenvalue weighted by Gasteiger charge is -2.11. The molecule has 0 fully saturated rings. The summed E-state index contributed by atoms with van der Waals surface area (Å²) in [6.45, 7) is 0. The maximum atomic E-state index is 13.0. The highest BCUT2D eigenvalue weighted by molar-refractivity contribution is 7.81. The first kappa shape index (κ1) is 18.1. The first-order valence-corrected chi connectivity index (χ1v) is 8.57. The summed E-state index contributed by atoms with van der Waals surface area (Å²) in [5, 5.41) is 6.21. The van der Waals surface area contributed by atoms with Gasteiger partial charge in [-0.15, -0.1) is 0 Å². The van der Waals surface area contributed by atoms with Crippen LogP contribution in [0.2, 0.25) is 0 Å². The van der Waals surface area contributed by atoms with Crippen molar-refractivity contribution in [2.75, 3.05) is 10.6 Å². The smallest absolute Gasteiger partial charge is 0.123 e. The molecule has 0 amide bonds. The SMILES string of the molecule is Fc1ccc(C(=S)Nc2ccc(NC(=S)c3ccc(F)cc3)cc2)cc1. The minimum Gasteiger partial charge on any atom is -0.346 e. The van der Waals surface area contributed by atoms with Crippen molar-refractivity contribution in [1.29, 1.82) is 0 Å². The third-order valence-corrected chi connectivity index (χ3v) is 4.29. The Bertz CT molecular complexity index is 843. The lowest BCUT2D eigenvalue weighted by molar-refractivity contribution is 0.627. The summed E-state index contributed by atoms with van der Waals surface area (Å²) in [6, 6.07) is 19.4. The fourth-order valence-electron chi connectivity index (χ4n) is 2.25. The summed E-state index contributed by atoms with van der Waals surface area (Å²) in [5.41, 5.74) is 3.08. The Morgan fingerprint density at radius 1 is 0.538 bits per heavy atom. The Morgan fingerprint density at radius 3 is 1.15 bits per heavy atom. The monoisotopic (exact) mass is 384 g/mol. The van der Waals surface area contributed by atoms with Gasteiger partial charge in [0.1, 0.15) is 21.6 Å². The van der Waals surface area contributed by atoms with Crippen LogP contribution in [0.5, 0.6) is 0 Å². The Kier molecular flexibility index (Phi) is 5.65.